The van der Waals surface area contributed by atoms with Gasteiger partial charge in [0.25, 0.3) is 5.91 Å². The molecule has 2 aromatic heterocycles. The van der Waals surface area contributed by atoms with Crippen LogP contribution in [-0.4, -0.2) is 61.2 Å². The second-order valence-corrected chi connectivity index (χ2v) is 5.60. The topological polar surface area (TPSA) is 78.1 Å². The minimum Gasteiger partial charge on any atom is -0.379 e. The SMILES string of the molecule is CO[C@H]1CCN(C(=O)c2ncn(C)n2)[C@H]1Cc1cnn(C)c1. The molecule has 1 amide bonds. The Labute approximate surface area is 128 Å². The zero-order chi connectivity index (χ0) is 15.7. The Morgan fingerprint density at radius 1 is 1.41 bits per heavy atom. The van der Waals surface area contributed by atoms with Crippen molar-refractivity contribution in [1.82, 2.24) is 29.4 Å². The first-order valence-corrected chi connectivity index (χ1v) is 7.25. The number of aryl methyl sites for hydroxylation is 2. The number of hydrogen-bond donors (Lipinski definition) is 0. The molecule has 3 rings (SSSR count). The molecule has 0 N–H and O–H groups in total. The molecule has 8 heteroatoms. The third kappa shape index (κ3) is 2.74. The van der Waals surface area contributed by atoms with Crippen LogP contribution in [0.15, 0.2) is 18.7 Å². The number of nitrogens with zero attached hydrogens (tertiary/aromatic N) is 6. The highest BCUT2D eigenvalue weighted by atomic mass is 16.5. The molecule has 1 aliphatic heterocycles. The molecule has 8 nitrogen and oxygen atoms in total. The maximum absolute atomic E-state index is 12.6. The van der Waals surface area contributed by atoms with E-state index >= 15 is 0 Å². The van der Waals surface area contributed by atoms with Crippen molar-refractivity contribution < 1.29 is 9.53 Å². The Morgan fingerprint density at radius 3 is 2.82 bits per heavy atom. The second-order valence-electron chi connectivity index (χ2n) is 5.60. The van der Waals surface area contributed by atoms with Crippen molar-refractivity contribution in [2.45, 2.75) is 25.0 Å². The molecular weight excluding hydrogens is 284 g/mol. The van der Waals surface area contributed by atoms with Crippen molar-refractivity contribution in [3.63, 3.8) is 0 Å². The minimum atomic E-state index is -0.144. The van der Waals surface area contributed by atoms with E-state index in [0.29, 0.717) is 13.0 Å². The molecule has 0 saturated carbocycles. The number of aromatic nitrogens is 5. The van der Waals surface area contributed by atoms with Crippen molar-refractivity contribution in [3.05, 3.63) is 30.1 Å². The summed E-state index contributed by atoms with van der Waals surface area (Å²) in [5, 5.41) is 8.29. The van der Waals surface area contributed by atoms with Gasteiger partial charge >= 0.3 is 0 Å². The summed E-state index contributed by atoms with van der Waals surface area (Å²) in [4.78, 5) is 18.5. The Bertz CT molecular complexity index is 664. The van der Waals surface area contributed by atoms with E-state index in [1.54, 1.807) is 18.8 Å². The Hall–Kier alpha value is -2.22. The van der Waals surface area contributed by atoms with Crippen molar-refractivity contribution in [2.75, 3.05) is 13.7 Å². The predicted octanol–water partition coefficient (Wildman–Crippen LogP) is 0.0208. The van der Waals surface area contributed by atoms with Gasteiger partial charge in [0.05, 0.1) is 18.3 Å². The maximum atomic E-state index is 12.6. The van der Waals surface area contributed by atoms with Crippen molar-refractivity contribution >= 4 is 5.91 Å². The fraction of sp³-hybridized carbons (Fsp3) is 0.571. The highest BCUT2D eigenvalue weighted by molar-refractivity contribution is 5.90. The summed E-state index contributed by atoms with van der Waals surface area (Å²) < 4.78 is 8.85. The van der Waals surface area contributed by atoms with E-state index in [1.807, 2.05) is 24.3 Å². The van der Waals surface area contributed by atoms with Crippen LogP contribution in [0.4, 0.5) is 0 Å². The van der Waals surface area contributed by atoms with Gasteiger partial charge in [-0.05, 0) is 18.4 Å². The summed E-state index contributed by atoms with van der Waals surface area (Å²) in [6.07, 6.45) is 6.88. The van der Waals surface area contributed by atoms with E-state index in [4.69, 9.17) is 4.74 Å². The summed E-state index contributed by atoms with van der Waals surface area (Å²) in [6, 6.07) is -0.0227. The lowest BCUT2D eigenvalue weighted by Gasteiger charge is -2.26. The standard InChI is InChI=1S/C14H20N6O2/c1-18-8-10(7-16-18)6-11-12(22-3)4-5-20(11)14(21)13-15-9-19(2)17-13/h7-9,11-12H,4-6H2,1-3H3/t11-,12-/m0/s1. The highest BCUT2D eigenvalue weighted by Gasteiger charge is 2.38. The van der Waals surface area contributed by atoms with Gasteiger partial charge in [-0.1, -0.05) is 0 Å². The predicted molar refractivity (Wildman–Crippen MR) is 78.2 cm³/mol. The number of rotatable bonds is 4. The van der Waals surface area contributed by atoms with Crippen molar-refractivity contribution in [1.29, 1.82) is 0 Å². The summed E-state index contributed by atoms with van der Waals surface area (Å²) in [5.41, 5.74) is 1.09. The van der Waals surface area contributed by atoms with Crippen LogP contribution in [0.3, 0.4) is 0 Å². The molecule has 3 heterocycles. The zero-order valence-corrected chi connectivity index (χ0v) is 13.0. The van der Waals surface area contributed by atoms with Gasteiger partial charge in [-0.15, -0.1) is 5.10 Å². The third-order valence-corrected chi connectivity index (χ3v) is 4.04. The molecule has 22 heavy (non-hydrogen) atoms. The number of likely N-dealkylation sites (tertiary alicyclic amines) is 1. The summed E-state index contributed by atoms with van der Waals surface area (Å²) in [5.74, 6) is 0.0875. The zero-order valence-electron chi connectivity index (χ0n) is 13.0. The molecule has 2 atom stereocenters. The lowest BCUT2D eigenvalue weighted by molar-refractivity contribution is 0.0500. The molecule has 0 unspecified atom stereocenters. The van der Waals surface area contributed by atoms with Crippen LogP contribution >= 0.6 is 0 Å². The molecular formula is C14H20N6O2. The summed E-state index contributed by atoms with van der Waals surface area (Å²) in [6.45, 7) is 0.653. The Kier molecular flexibility index (Phi) is 3.93. The fourth-order valence-electron chi connectivity index (χ4n) is 2.98. The number of ether oxygens (including phenoxy) is 1. The second kappa shape index (κ2) is 5.88. The van der Waals surface area contributed by atoms with Gasteiger partial charge in [0.1, 0.15) is 6.33 Å². The first-order valence-electron chi connectivity index (χ1n) is 7.25. The highest BCUT2D eigenvalue weighted by Crippen LogP contribution is 2.25. The van der Waals surface area contributed by atoms with Crippen LogP contribution in [0.5, 0.6) is 0 Å². The molecule has 0 aliphatic carbocycles. The summed E-state index contributed by atoms with van der Waals surface area (Å²) >= 11 is 0. The average Bonchev–Trinajstić information content (AvgIpc) is 3.19. The quantitative estimate of drug-likeness (QED) is 0.796. The molecule has 0 spiro atoms. The van der Waals surface area contributed by atoms with Crippen LogP contribution in [0.25, 0.3) is 0 Å². The third-order valence-electron chi connectivity index (χ3n) is 4.04. The number of carbonyl (C=O) groups excluding carboxylic acids is 1. The minimum absolute atomic E-state index is 0.0212. The van der Waals surface area contributed by atoms with Crippen molar-refractivity contribution in [3.8, 4) is 0 Å². The number of carbonyl (C=O) groups is 1. The lowest BCUT2D eigenvalue weighted by Crippen LogP contribution is -2.42. The maximum Gasteiger partial charge on any atom is 0.293 e. The summed E-state index contributed by atoms with van der Waals surface area (Å²) in [7, 11) is 5.32. The normalized spacial score (nSPS) is 21.5. The molecule has 0 aromatic carbocycles. The molecule has 1 fully saturated rings. The number of amides is 1. The first kappa shape index (κ1) is 14.7. The fourth-order valence-corrected chi connectivity index (χ4v) is 2.98. The van der Waals surface area contributed by atoms with E-state index in [0.717, 1.165) is 12.0 Å². The van der Waals surface area contributed by atoms with E-state index in [9.17, 15) is 4.79 Å². The Morgan fingerprint density at radius 2 is 2.23 bits per heavy atom. The van der Waals surface area contributed by atoms with Crippen LogP contribution < -0.4 is 0 Å². The largest absolute Gasteiger partial charge is 0.379 e. The van der Waals surface area contributed by atoms with Gasteiger partial charge in [-0.2, -0.15) is 5.10 Å². The van der Waals surface area contributed by atoms with E-state index in [-0.39, 0.29) is 23.9 Å². The first-order chi connectivity index (χ1) is 10.6. The van der Waals surface area contributed by atoms with Gasteiger partial charge in [-0.25, -0.2) is 4.98 Å². The molecule has 0 bridgehead atoms. The number of methoxy groups -OCH3 is 1. The van der Waals surface area contributed by atoms with Gasteiger partial charge in [0, 0.05) is 33.9 Å². The molecule has 2 aromatic rings. The average molecular weight is 304 g/mol. The molecule has 1 saturated heterocycles. The van der Waals surface area contributed by atoms with Gasteiger partial charge in [-0.3, -0.25) is 14.2 Å². The molecule has 1 aliphatic rings. The van der Waals surface area contributed by atoms with E-state index in [1.165, 1.54) is 11.0 Å². The van der Waals surface area contributed by atoms with E-state index in [2.05, 4.69) is 15.2 Å². The van der Waals surface area contributed by atoms with Crippen LogP contribution in [-0.2, 0) is 25.3 Å². The van der Waals surface area contributed by atoms with Gasteiger partial charge in [0.15, 0.2) is 0 Å². The Balaban J connectivity index is 1.81. The molecule has 0 radical (unpaired) electrons. The van der Waals surface area contributed by atoms with Gasteiger partial charge in [0.2, 0.25) is 5.82 Å². The van der Waals surface area contributed by atoms with Gasteiger partial charge < -0.3 is 9.64 Å². The number of hydrogen-bond acceptors (Lipinski definition) is 5. The van der Waals surface area contributed by atoms with Crippen LogP contribution in [0, 0.1) is 0 Å². The monoisotopic (exact) mass is 304 g/mol. The van der Waals surface area contributed by atoms with Crippen LogP contribution in [0.1, 0.15) is 22.6 Å². The van der Waals surface area contributed by atoms with E-state index < -0.39 is 0 Å². The van der Waals surface area contributed by atoms with Crippen LogP contribution in [0.2, 0.25) is 0 Å². The van der Waals surface area contributed by atoms with Crippen molar-refractivity contribution in [2.24, 2.45) is 14.1 Å². The smallest absolute Gasteiger partial charge is 0.293 e. The molecule has 118 valence electrons. The lowest BCUT2D eigenvalue weighted by atomic mass is 10.0.